The third-order valence-electron chi connectivity index (χ3n) is 1.74. The fourth-order valence-corrected chi connectivity index (χ4v) is 1.58. The highest BCUT2D eigenvalue weighted by Gasteiger charge is 2.38. The molecule has 3 heteroatoms. The molecule has 0 aromatic rings. The number of rotatable bonds is 2. The van der Waals surface area contributed by atoms with Crippen molar-refractivity contribution in [3.63, 3.8) is 0 Å². The topological polar surface area (TPSA) is 43.7 Å². The van der Waals surface area contributed by atoms with Crippen LogP contribution in [0, 0.1) is 0 Å². The standard InChI is InChI=1S/C8H17NO2/c1-7(2,10)4-9-5-8(3,11)6-9/h10-11H,4-6H2,1-3H3. The highest BCUT2D eigenvalue weighted by Crippen LogP contribution is 2.21. The second-order valence-electron chi connectivity index (χ2n) is 4.45. The summed E-state index contributed by atoms with van der Waals surface area (Å²) >= 11 is 0. The maximum Gasteiger partial charge on any atom is 0.0872 e. The zero-order valence-electron chi connectivity index (χ0n) is 7.46. The van der Waals surface area contributed by atoms with E-state index in [1.165, 1.54) is 0 Å². The quantitative estimate of drug-likeness (QED) is 0.587. The molecule has 0 atom stereocenters. The van der Waals surface area contributed by atoms with Crippen LogP contribution in [0.5, 0.6) is 0 Å². The van der Waals surface area contributed by atoms with E-state index in [0.29, 0.717) is 19.6 Å². The van der Waals surface area contributed by atoms with Crippen molar-refractivity contribution in [2.24, 2.45) is 0 Å². The Morgan fingerprint density at radius 3 is 2.18 bits per heavy atom. The highest BCUT2D eigenvalue weighted by molar-refractivity contribution is 4.93. The Morgan fingerprint density at radius 1 is 1.45 bits per heavy atom. The predicted octanol–water partition coefficient (Wildman–Crippen LogP) is -0.176. The number of hydrogen-bond acceptors (Lipinski definition) is 3. The molecule has 3 nitrogen and oxygen atoms in total. The van der Waals surface area contributed by atoms with Crippen molar-refractivity contribution in [3.8, 4) is 0 Å². The average Bonchev–Trinajstić information content (AvgIpc) is 1.53. The minimum atomic E-state index is -0.642. The number of β-amino-alcohol motifs (C(OH)–C–C–N with tert-alkyl or cyclic N) is 2. The normalized spacial score (nSPS) is 24.8. The molecule has 0 unspecified atom stereocenters. The van der Waals surface area contributed by atoms with Crippen LogP contribution in [-0.2, 0) is 0 Å². The molecule has 0 aliphatic carbocycles. The lowest BCUT2D eigenvalue weighted by Crippen LogP contribution is -2.62. The second kappa shape index (κ2) is 2.44. The summed E-state index contributed by atoms with van der Waals surface area (Å²) in [7, 11) is 0. The van der Waals surface area contributed by atoms with E-state index in [0.717, 1.165) is 0 Å². The summed E-state index contributed by atoms with van der Waals surface area (Å²) in [4.78, 5) is 2.04. The van der Waals surface area contributed by atoms with Crippen LogP contribution in [0.3, 0.4) is 0 Å². The van der Waals surface area contributed by atoms with Crippen LogP contribution >= 0.6 is 0 Å². The van der Waals surface area contributed by atoms with Gasteiger partial charge < -0.3 is 10.2 Å². The van der Waals surface area contributed by atoms with Gasteiger partial charge in [0.2, 0.25) is 0 Å². The molecule has 1 aliphatic heterocycles. The zero-order valence-corrected chi connectivity index (χ0v) is 7.46. The molecule has 0 saturated carbocycles. The molecule has 11 heavy (non-hydrogen) atoms. The number of hydrogen-bond donors (Lipinski definition) is 2. The maximum atomic E-state index is 9.40. The van der Waals surface area contributed by atoms with Crippen LogP contribution in [0.1, 0.15) is 20.8 Å². The van der Waals surface area contributed by atoms with Gasteiger partial charge in [0.05, 0.1) is 11.2 Å². The Hall–Kier alpha value is -0.120. The van der Waals surface area contributed by atoms with Crippen molar-refractivity contribution in [1.29, 1.82) is 0 Å². The summed E-state index contributed by atoms with van der Waals surface area (Å²) in [5.74, 6) is 0. The first kappa shape index (κ1) is 8.97. The van der Waals surface area contributed by atoms with E-state index in [1.807, 2.05) is 11.8 Å². The molecule has 0 spiro atoms. The molecule has 1 saturated heterocycles. The number of aliphatic hydroxyl groups is 2. The van der Waals surface area contributed by atoms with Crippen LogP contribution in [0.15, 0.2) is 0 Å². The molecule has 0 amide bonds. The predicted molar refractivity (Wildman–Crippen MR) is 43.4 cm³/mol. The number of likely N-dealkylation sites (tertiary alicyclic amines) is 1. The largest absolute Gasteiger partial charge is 0.389 e. The summed E-state index contributed by atoms with van der Waals surface area (Å²) in [6.45, 7) is 7.37. The van der Waals surface area contributed by atoms with Gasteiger partial charge in [-0.05, 0) is 20.8 Å². The Labute approximate surface area is 67.6 Å². The van der Waals surface area contributed by atoms with Crippen LogP contribution in [0.4, 0.5) is 0 Å². The first-order valence-corrected chi connectivity index (χ1v) is 3.96. The SMILES string of the molecule is CC(C)(O)CN1CC(C)(O)C1. The summed E-state index contributed by atoms with van der Waals surface area (Å²) in [5.41, 5.74) is -1.16. The fourth-order valence-electron chi connectivity index (χ4n) is 1.58. The van der Waals surface area contributed by atoms with Gasteiger partial charge >= 0.3 is 0 Å². The van der Waals surface area contributed by atoms with E-state index in [4.69, 9.17) is 0 Å². The van der Waals surface area contributed by atoms with Gasteiger partial charge in [0, 0.05) is 19.6 Å². The lowest BCUT2D eigenvalue weighted by atomic mass is 9.95. The lowest BCUT2D eigenvalue weighted by Gasteiger charge is -2.46. The minimum Gasteiger partial charge on any atom is -0.389 e. The van der Waals surface area contributed by atoms with Gasteiger partial charge in [-0.2, -0.15) is 0 Å². The number of nitrogens with zero attached hydrogens (tertiary/aromatic N) is 1. The molecule has 0 radical (unpaired) electrons. The molecular formula is C8H17NO2. The Kier molecular flexibility index (Phi) is 1.99. The van der Waals surface area contributed by atoms with Crippen LogP contribution in [-0.4, -0.2) is 45.9 Å². The maximum absolute atomic E-state index is 9.40. The van der Waals surface area contributed by atoms with Gasteiger partial charge in [-0.3, -0.25) is 4.90 Å². The highest BCUT2D eigenvalue weighted by atomic mass is 16.3. The summed E-state index contributed by atoms with van der Waals surface area (Å²) in [6, 6.07) is 0. The third kappa shape index (κ3) is 2.77. The fraction of sp³-hybridized carbons (Fsp3) is 1.00. The molecule has 0 aromatic heterocycles. The van der Waals surface area contributed by atoms with E-state index in [1.54, 1.807) is 13.8 Å². The van der Waals surface area contributed by atoms with Gasteiger partial charge in [-0.1, -0.05) is 0 Å². The van der Waals surface area contributed by atoms with E-state index in [2.05, 4.69) is 0 Å². The van der Waals surface area contributed by atoms with Gasteiger partial charge in [0.1, 0.15) is 0 Å². The van der Waals surface area contributed by atoms with Gasteiger partial charge in [-0.25, -0.2) is 0 Å². The first-order chi connectivity index (χ1) is 4.79. The molecule has 1 aliphatic rings. The smallest absolute Gasteiger partial charge is 0.0872 e. The molecule has 0 bridgehead atoms. The Bertz CT molecular complexity index is 141. The van der Waals surface area contributed by atoms with Crippen LogP contribution in [0.2, 0.25) is 0 Å². The van der Waals surface area contributed by atoms with Crippen molar-refractivity contribution >= 4 is 0 Å². The monoisotopic (exact) mass is 159 g/mol. The van der Waals surface area contributed by atoms with E-state index >= 15 is 0 Å². The van der Waals surface area contributed by atoms with Crippen LogP contribution < -0.4 is 0 Å². The molecule has 1 fully saturated rings. The molecule has 66 valence electrons. The van der Waals surface area contributed by atoms with Gasteiger partial charge in [0.15, 0.2) is 0 Å². The van der Waals surface area contributed by atoms with Crippen molar-refractivity contribution in [2.45, 2.75) is 32.0 Å². The lowest BCUT2D eigenvalue weighted by molar-refractivity contribution is -0.107. The summed E-state index contributed by atoms with van der Waals surface area (Å²) in [5, 5.41) is 18.8. The summed E-state index contributed by atoms with van der Waals surface area (Å²) < 4.78 is 0. The summed E-state index contributed by atoms with van der Waals surface area (Å²) in [6.07, 6.45) is 0. The van der Waals surface area contributed by atoms with Crippen LogP contribution in [0.25, 0.3) is 0 Å². The van der Waals surface area contributed by atoms with Gasteiger partial charge in [0.25, 0.3) is 0 Å². The van der Waals surface area contributed by atoms with Crippen molar-refractivity contribution in [2.75, 3.05) is 19.6 Å². The third-order valence-corrected chi connectivity index (χ3v) is 1.74. The van der Waals surface area contributed by atoms with E-state index in [-0.39, 0.29) is 0 Å². The Morgan fingerprint density at radius 2 is 1.91 bits per heavy atom. The van der Waals surface area contributed by atoms with E-state index < -0.39 is 11.2 Å². The van der Waals surface area contributed by atoms with Crippen molar-refractivity contribution in [1.82, 2.24) is 4.90 Å². The molecule has 1 heterocycles. The second-order valence-corrected chi connectivity index (χ2v) is 4.45. The molecular weight excluding hydrogens is 142 g/mol. The molecule has 1 rings (SSSR count). The molecule has 2 N–H and O–H groups in total. The average molecular weight is 159 g/mol. The van der Waals surface area contributed by atoms with Crippen molar-refractivity contribution in [3.05, 3.63) is 0 Å². The van der Waals surface area contributed by atoms with Gasteiger partial charge in [-0.15, -0.1) is 0 Å². The van der Waals surface area contributed by atoms with Crippen molar-refractivity contribution < 1.29 is 10.2 Å². The van der Waals surface area contributed by atoms with E-state index in [9.17, 15) is 10.2 Å². The first-order valence-electron chi connectivity index (χ1n) is 3.96. The molecule has 0 aromatic carbocycles. The zero-order chi connectivity index (χ0) is 8.70. The minimum absolute atomic E-state index is 0.523. The Balaban J connectivity index is 2.24.